The van der Waals surface area contributed by atoms with Gasteiger partial charge in [-0.2, -0.15) is 0 Å². The molecule has 2 saturated heterocycles. The van der Waals surface area contributed by atoms with Gasteiger partial charge in [0.1, 0.15) is 5.82 Å². The lowest BCUT2D eigenvalue weighted by Crippen LogP contribution is -2.34. The average Bonchev–Trinajstić information content (AvgIpc) is 3.28. The molecule has 0 bridgehead atoms. The summed E-state index contributed by atoms with van der Waals surface area (Å²) in [6.45, 7) is 2.29. The van der Waals surface area contributed by atoms with E-state index >= 15 is 0 Å². The number of thioether (sulfide) groups is 1. The Morgan fingerprint density at radius 3 is 2.52 bits per heavy atom. The maximum atomic E-state index is 14.5. The number of anilines is 1. The number of carbonyl (C=O) groups excluding carboxylic acids is 2. The molecule has 0 unspecified atom stereocenters. The Hall–Kier alpha value is -1.82. The molecule has 2 heterocycles. The molecule has 1 aliphatic carbocycles. The first-order valence-electron chi connectivity index (χ1n) is 9.92. The number of rotatable bonds is 4. The molecular formula is C21H25FN2O2S. The number of amides is 2. The lowest BCUT2D eigenvalue weighted by molar-refractivity contribution is -0.123. The lowest BCUT2D eigenvalue weighted by atomic mass is 9.89. The van der Waals surface area contributed by atoms with Crippen molar-refractivity contribution >= 4 is 34.7 Å². The summed E-state index contributed by atoms with van der Waals surface area (Å²) in [7, 11) is 0. The summed E-state index contributed by atoms with van der Waals surface area (Å²) in [5.41, 5.74) is 1.24. The van der Waals surface area contributed by atoms with Crippen LogP contribution in [0.1, 0.15) is 50.5 Å². The molecule has 1 saturated carbocycles. The van der Waals surface area contributed by atoms with Gasteiger partial charge in [-0.05, 0) is 67.1 Å². The first kappa shape index (κ1) is 18.5. The van der Waals surface area contributed by atoms with Crippen molar-refractivity contribution in [3.05, 3.63) is 34.5 Å². The highest BCUT2D eigenvalue weighted by Gasteiger charge is 2.36. The Bertz CT molecular complexity index is 767. The molecule has 0 aromatic heterocycles. The fourth-order valence-corrected chi connectivity index (χ4v) is 5.11. The predicted molar refractivity (Wildman–Crippen MR) is 107 cm³/mol. The normalized spacial score (nSPS) is 23.1. The quantitative estimate of drug-likeness (QED) is 0.678. The molecular weight excluding hydrogens is 363 g/mol. The third kappa shape index (κ3) is 4.05. The van der Waals surface area contributed by atoms with Crippen LogP contribution in [0.25, 0.3) is 6.08 Å². The molecule has 3 fully saturated rings. The van der Waals surface area contributed by atoms with E-state index in [0.717, 1.165) is 50.5 Å². The minimum absolute atomic E-state index is 0.203. The van der Waals surface area contributed by atoms with Gasteiger partial charge in [-0.25, -0.2) is 4.39 Å². The summed E-state index contributed by atoms with van der Waals surface area (Å²) in [6, 6.07) is 5.06. The monoisotopic (exact) mass is 388 g/mol. The first-order valence-corrected chi connectivity index (χ1v) is 10.7. The van der Waals surface area contributed by atoms with Gasteiger partial charge in [-0.3, -0.25) is 14.5 Å². The molecule has 27 heavy (non-hydrogen) atoms. The van der Waals surface area contributed by atoms with Crippen LogP contribution in [0.2, 0.25) is 0 Å². The number of benzene rings is 1. The van der Waals surface area contributed by atoms with Gasteiger partial charge < -0.3 is 4.90 Å². The molecule has 4 rings (SSSR count). The van der Waals surface area contributed by atoms with Gasteiger partial charge in [-0.1, -0.05) is 25.3 Å². The van der Waals surface area contributed by atoms with Crippen molar-refractivity contribution in [2.45, 2.75) is 44.9 Å². The molecule has 144 valence electrons. The number of hydrogen-bond acceptors (Lipinski definition) is 4. The molecule has 3 aliphatic rings. The summed E-state index contributed by atoms with van der Waals surface area (Å²) < 4.78 is 14.5. The summed E-state index contributed by atoms with van der Waals surface area (Å²) in [5.74, 6) is -0.0875. The van der Waals surface area contributed by atoms with Gasteiger partial charge in [0.05, 0.1) is 10.6 Å². The highest BCUT2D eigenvalue weighted by Crippen LogP contribution is 2.35. The van der Waals surface area contributed by atoms with Crippen LogP contribution in [0.3, 0.4) is 0 Å². The average molecular weight is 389 g/mol. The molecule has 1 aromatic rings. The van der Waals surface area contributed by atoms with Crippen molar-refractivity contribution in [2.75, 3.05) is 24.5 Å². The van der Waals surface area contributed by atoms with Crippen molar-refractivity contribution in [1.82, 2.24) is 4.90 Å². The molecule has 0 spiro atoms. The van der Waals surface area contributed by atoms with E-state index in [0.29, 0.717) is 28.6 Å². The third-order valence-corrected chi connectivity index (χ3v) is 6.66. The van der Waals surface area contributed by atoms with Crippen LogP contribution in [0.15, 0.2) is 23.1 Å². The topological polar surface area (TPSA) is 40.6 Å². The number of halogens is 1. The minimum atomic E-state index is -0.271. The van der Waals surface area contributed by atoms with E-state index < -0.39 is 0 Å². The van der Waals surface area contributed by atoms with Crippen molar-refractivity contribution in [2.24, 2.45) is 5.92 Å². The molecule has 0 radical (unpaired) electrons. The Balaban J connectivity index is 1.47. The second kappa shape index (κ2) is 8.05. The summed E-state index contributed by atoms with van der Waals surface area (Å²) in [6.07, 6.45) is 9.61. The second-order valence-corrected chi connectivity index (χ2v) is 8.69. The van der Waals surface area contributed by atoms with E-state index in [-0.39, 0.29) is 17.0 Å². The van der Waals surface area contributed by atoms with Crippen molar-refractivity contribution in [1.29, 1.82) is 0 Å². The van der Waals surface area contributed by atoms with Crippen LogP contribution in [-0.2, 0) is 4.79 Å². The van der Waals surface area contributed by atoms with E-state index in [1.165, 1.54) is 30.2 Å². The number of nitrogens with zero attached hydrogens (tertiary/aromatic N) is 2. The zero-order valence-electron chi connectivity index (χ0n) is 15.5. The van der Waals surface area contributed by atoms with Gasteiger partial charge >= 0.3 is 0 Å². The van der Waals surface area contributed by atoms with E-state index in [4.69, 9.17) is 0 Å². The van der Waals surface area contributed by atoms with Gasteiger partial charge in [0, 0.05) is 19.6 Å². The number of hydrogen-bond donors (Lipinski definition) is 0. The fraction of sp³-hybridized carbons (Fsp3) is 0.524. The van der Waals surface area contributed by atoms with Crippen LogP contribution in [0.5, 0.6) is 0 Å². The van der Waals surface area contributed by atoms with Crippen LogP contribution in [0, 0.1) is 11.7 Å². The van der Waals surface area contributed by atoms with E-state index in [2.05, 4.69) is 4.90 Å². The molecule has 1 aromatic carbocycles. The highest BCUT2D eigenvalue weighted by atomic mass is 32.2. The lowest BCUT2D eigenvalue weighted by Gasteiger charge is -2.25. The van der Waals surface area contributed by atoms with Gasteiger partial charge in [0.2, 0.25) is 0 Å². The molecule has 4 nitrogen and oxygen atoms in total. The molecule has 0 atom stereocenters. The minimum Gasteiger partial charge on any atom is -0.369 e. The fourth-order valence-electron chi connectivity index (χ4n) is 4.26. The van der Waals surface area contributed by atoms with Crippen molar-refractivity contribution in [3.8, 4) is 0 Å². The maximum absolute atomic E-state index is 14.5. The van der Waals surface area contributed by atoms with E-state index in [1.807, 2.05) is 6.07 Å². The molecule has 2 amide bonds. The van der Waals surface area contributed by atoms with Gasteiger partial charge in [0.15, 0.2) is 0 Å². The Labute approximate surface area is 163 Å². The summed E-state index contributed by atoms with van der Waals surface area (Å²) in [5, 5.41) is -0.203. The number of imide groups is 1. The summed E-state index contributed by atoms with van der Waals surface area (Å²) in [4.78, 5) is 28.8. The molecule has 2 aliphatic heterocycles. The van der Waals surface area contributed by atoms with Gasteiger partial charge in [-0.15, -0.1) is 0 Å². The van der Waals surface area contributed by atoms with Crippen LogP contribution in [-0.4, -0.2) is 35.7 Å². The van der Waals surface area contributed by atoms with E-state index in [1.54, 1.807) is 12.1 Å². The Morgan fingerprint density at radius 1 is 1.07 bits per heavy atom. The Kier molecular flexibility index (Phi) is 5.53. The van der Waals surface area contributed by atoms with Crippen molar-refractivity contribution < 1.29 is 14.0 Å². The molecule has 0 N–H and O–H groups in total. The number of carbonyl (C=O) groups is 2. The van der Waals surface area contributed by atoms with Crippen LogP contribution >= 0.6 is 11.8 Å². The first-order chi connectivity index (χ1) is 13.1. The molecule has 6 heteroatoms. The zero-order chi connectivity index (χ0) is 18.8. The standard InChI is InChI=1S/C21H25FN2O2S/c22-17-12-16(8-9-18(17)23-10-4-5-11-23)13-19-20(25)24(21(26)27-19)14-15-6-2-1-3-7-15/h8-9,12-13,15H,1-7,10-11,14H2/b19-13+. The maximum Gasteiger partial charge on any atom is 0.293 e. The van der Waals surface area contributed by atoms with Gasteiger partial charge in [0.25, 0.3) is 11.1 Å². The zero-order valence-corrected chi connectivity index (χ0v) is 16.3. The third-order valence-electron chi connectivity index (χ3n) is 5.76. The highest BCUT2D eigenvalue weighted by molar-refractivity contribution is 8.18. The SMILES string of the molecule is O=C1S/C(=C/c2ccc(N3CCCC3)c(F)c2)C(=O)N1CC1CCCCC1. The smallest absolute Gasteiger partial charge is 0.293 e. The van der Waals surface area contributed by atoms with Crippen LogP contribution in [0.4, 0.5) is 14.9 Å². The predicted octanol–water partition coefficient (Wildman–Crippen LogP) is 5.04. The summed E-state index contributed by atoms with van der Waals surface area (Å²) >= 11 is 0.966. The second-order valence-electron chi connectivity index (χ2n) is 7.70. The van der Waals surface area contributed by atoms with Crippen LogP contribution < -0.4 is 4.90 Å². The largest absolute Gasteiger partial charge is 0.369 e. The Morgan fingerprint density at radius 2 is 1.81 bits per heavy atom. The van der Waals surface area contributed by atoms with E-state index in [9.17, 15) is 14.0 Å². The van der Waals surface area contributed by atoms with Crippen molar-refractivity contribution in [3.63, 3.8) is 0 Å².